The molecule has 1 aliphatic rings. The van der Waals surface area contributed by atoms with Crippen LogP contribution < -0.4 is 4.74 Å². The first kappa shape index (κ1) is 23.6. The van der Waals surface area contributed by atoms with Gasteiger partial charge in [-0.25, -0.2) is 0 Å². The fraction of sp³-hybridized carbons (Fsp3) is 0.533. The van der Waals surface area contributed by atoms with Crippen LogP contribution in [0.25, 0.3) is 16.7 Å². The normalized spacial score (nSPS) is 16.2. The van der Waals surface area contributed by atoms with Crippen molar-refractivity contribution in [2.24, 2.45) is 5.92 Å². The van der Waals surface area contributed by atoms with Gasteiger partial charge in [-0.15, -0.1) is 0 Å². The average molecular weight is 419 g/mol. The first-order valence-corrected chi connectivity index (χ1v) is 12.8. The van der Waals surface area contributed by atoms with E-state index < -0.39 is 0 Å². The Morgan fingerprint density at radius 2 is 1.32 bits per heavy atom. The van der Waals surface area contributed by atoms with E-state index in [2.05, 4.69) is 68.5 Å². The quantitative estimate of drug-likeness (QED) is 0.294. The number of rotatable bonds is 13. The van der Waals surface area contributed by atoms with E-state index in [0.29, 0.717) is 0 Å². The summed E-state index contributed by atoms with van der Waals surface area (Å²) in [5, 5.41) is 0. The van der Waals surface area contributed by atoms with Crippen LogP contribution in [-0.4, -0.2) is 6.61 Å². The molecule has 1 unspecified atom stereocenters. The SMILES string of the molecule is CCCCCCCOc1ccc(-c2ccc(C3=CCC(CCCCC)CC3)cc2)cc1. The van der Waals surface area contributed by atoms with Gasteiger partial charge in [-0.2, -0.15) is 0 Å². The lowest BCUT2D eigenvalue weighted by Crippen LogP contribution is -2.05. The molecule has 0 saturated carbocycles. The molecule has 0 saturated heterocycles. The van der Waals surface area contributed by atoms with Gasteiger partial charge >= 0.3 is 0 Å². The third-order valence-electron chi connectivity index (χ3n) is 6.70. The van der Waals surface area contributed by atoms with Gasteiger partial charge in [-0.1, -0.05) is 108 Å². The van der Waals surface area contributed by atoms with E-state index in [0.717, 1.165) is 24.7 Å². The topological polar surface area (TPSA) is 9.23 Å². The van der Waals surface area contributed by atoms with E-state index in [4.69, 9.17) is 4.74 Å². The lowest BCUT2D eigenvalue weighted by atomic mass is 9.83. The molecule has 0 heterocycles. The zero-order chi connectivity index (χ0) is 21.7. The summed E-state index contributed by atoms with van der Waals surface area (Å²) in [6.45, 7) is 5.37. The first-order chi connectivity index (χ1) is 15.3. The second-order valence-corrected chi connectivity index (χ2v) is 9.23. The molecule has 1 atom stereocenters. The third-order valence-corrected chi connectivity index (χ3v) is 6.70. The van der Waals surface area contributed by atoms with E-state index >= 15 is 0 Å². The van der Waals surface area contributed by atoms with Crippen LogP contribution in [0, 0.1) is 5.92 Å². The highest BCUT2D eigenvalue weighted by molar-refractivity contribution is 5.71. The Hall–Kier alpha value is -2.02. The summed E-state index contributed by atoms with van der Waals surface area (Å²) in [7, 11) is 0. The Morgan fingerprint density at radius 1 is 0.710 bits per heavy atom. The van der Waals surface area contributed by atoms with Crippen LogP contribution in [-0.2, 0) is 0 Å². The highest BCUT2D eigenvalue weighted by Gasteiger charge is 2.15. The molecule has 0 amide bonds. The van der Waals surface area contributed by atoms with Gasteiger partial charge in [0.05, 0.1) is 6.61 Å². The standard InChI is InChI=1S/C30H42O/c1-3-5-7-8-10-24-31-30-22-20-29(21-23-30)28-18-16-27(17-19-28)26-14-12-25(13-15-26)11-9-6-4-2/h14,16-23,25H,3-13,15,24H2,1-2H3. The lowest BCUT2D eigenvalue weighted by Gasteiger charge is -2.22. The Kier molecular flexibility index (Phi) is 10.2. The Morgan fingerprint density at radius 3 is 1.97 bits per heavy atom. The van der Waals surface area contributed by atoms with Crippen LogP contribution in [0.5, 0.6) is 5.75 Å². The van der Waals surface area contributed by atoms with Crippen molar-refractivity contribution in [3.63, 3.8) is 0 Å². The summed E-state index contributed by atoms with van der Waals surface area (Å²) in [5.41, 5.74) is 5.49. The zero-order valence-corrected chi connectivity index (χ0v) is 19.9. The summed E-state index contributed by atoms with van der Waals surface area (Å²) in [6, 6.07) is 17.7. The minimum atomic E-state index is 0.826. The molecule has 0 N–H and O–H groups in total. The number of hydrogen-bond donors (Lipinski definition) is 0. The van der Waals surface area contributed by atoms with Gasteiger partial charge in [-0.3, -0.25) is 0 Å². The Bertz CT molecular complexity index is 769. The summed E-state index contributed by atoms with van der Waals surface area (Å²) < 4.78 is 5.91. The highest BCUT2D eigenvalue weighted by Crippen LogP contribution is 2.33. The van der Waals surface area contributed by atoms with Crippen molar-refractivity contribution in [3.05, 3.63) is 60.2 Å². The molecule has 0 radical (unpaired) electrons. The largest absolute Gasteiger partial charge is 0.494 e. The van der Waals surface area contributed by atoms with Crippen LogP contribution in [0.4, 0.5) is 0 Å². The number of unbranched alkanes of at least 4 members (excludes halogenated alkanes) is 6. The predicted molar refractivity (Wildman–Crippen MR) is 136 cm³/mol. The molecule has 0 fully saturated rings. The van der Waals surface area contributed by atoms with Crippen LogP contribution >= 0.6 is 0 Å². The minimum absolute atomic E-state index is 0.826. The van der Waals surface area contributed by atoms with Crippen LogP contribution in [0.15, 0.2) is 54.6 Å². The molecular formula is C30H42O. The molecule has 1 heteroatoms. The van der Waals surface area contributed by atoms with E-state index in [9.17, 15) is 0 Å². The van der Waals surface area contributed by atoms with Crippen molar-refractivity contribution in [2.45, 2.75) is 90.9 Å². The van der Waals surface area contributed by atoms with Gasteiger partial charge in [0, 0.05) is 0 Å². The fourth-order valence-corrected chi connectivity index (χ4v) is 4.61. The Labute approximate surface area is 190 Å². The smallest absolute Gasteiger partial charge is 0.119 e. The first-order valence-electron chi connectivity index (χ1n) is 12.8. The van der Waals surface area contributed by atoms with E-state index in [-0.39, 0.29) is 0 Å². The molecule has 2 aromatic carbocycles. The molecule has 3 rings (SSSR count). The minimum Gasteiger partial charge on any atom is -0.494 e. The summed E-state index contributed by atoms with van der Waals surface area (Å²) in [4.78, 5) is 0. The zero-order valence-electron chi connectivity index (χ0n) is 19.9. The number of hydrogen-bond acceptors (Lipinski definition) is 1. The summed E-state index contributed by atoms with van der Waals surface area (Å²) >= 11 is 0. The molecular weight excluding hydrogens is 376 g/mol. The third kappa shape index (κ3) is 7.87. The van der Waals surface area contributed by atoms with Crippen molar-refractivity contribution >= 4 is 5.57 Å². The molecule has 31 heavy (non-hydrogen) atoms. The van der Waals surface area contributed by atoms with Crippen LogP contribution in [0.2, 0.25) is 0 Å². The van der Waals surface area contributed by atoms with Gasteiger partial charge in [-0.05, 0) is 66.0 Å². The molecule has 0 bridgehead atoms. The van der Waals surface area contributed by atoms with E-state index in [1.54, 1.807) is 5.57 Å². The van der Waals surface area contributed by atoms with E-state index in [1.165, 1.54) is 87.3 Å². The van der Waals surface area contributed by atoms with Gasteiger partial charge < -0.3 is 4.74 Å². The van der Waals surface area contributed by atoms with Gasteiger partial charge in [0.15, 0.2) is 0 Å². The monoisotopic (exact) mass is 418 g/mol. The average Bonchev–Trinajstić information content (AvgIpc) is 2.82. The van der Waals surface area contributed by atoms with Crippen molar-refractivity contribution in [1.82, 2.24) is 0 Å². The lowest BCUT2D eigenvalue weighted by molar-refractivity contribution is 0.304. The molecule has 0 aliphatic heterocycles. The maximum atomic E-state index is 5.91. The highest BCUT2D eigenvalue weighted by atomic mass is 16.5. The second-order valence-electron chi connectivity index (χ2n) is 9.23. The number of ether oxygens (including phenoxy) is 1. The maximum Gasteiger partial charge on any atom is 0.119 e. The number of benzene rings is 2. The van der Waals surface area contributed by atoms with Crippen molar-refractivity contribution in [1.29, 1.82) is 0 Å². The predicted octanol–water partition coefficient (Wildman–Crippen LogP) is 9.47. The van der Waals surface area contributed by atoms with Crippen molar-refractivity contribution in [3.8, 4) is 16.9 Å². The van der Waals surface area contributed by atoms with Crippen LogP contribution in [0.3, 0.4) is 0 Å². The van der Waals surface area contributed by atoms with Crippen molar-refractivity contribution < 1.29 is 4.74 Å². The molecule has 0 aromatic heterocycles. The Balaban J connectivity index is 1.47. The van der Waals surface area contributed by atoms with E-state index in [1.807, 2.05) is 0 Å². The molecule has 168 valence electrons. The van der Waals surface area contributed by atoms with Crippen molar-refractivity contribution in [2.75, 3.05) is 6.61 Å². The maximum absolute atomic E-state index is 5.91. The molecule has 2 aromatic rings. The summed E-state index contributed by atoms with van der Waals surface area (Å²) in [6.07, 6.45) is 18.3. The fourth-order valence-electron chi connectivity index (χ4n) is 4.61. The van der Waals surface area contributed by atoms with Gasteiger partial charge in [0.1, 0.15) is 5.75 Å². The van der Waals surface area contributed by atoms with Gasteiger partial charge in [0.2, 0.25) is 0 Å². The molecule has 1 aliphatic carbocycles. The molecule has 1 nitrogen and oxygen atoms in total. The van der Waals surface area contributed by atoms with Gasteiger partial charge in [0.25, 0.3) is 0 Å². The number of allylic oxidation sites excluding steroid dienone is 2. The molecule has 0 spiro atoms. The second kappa shape index (κ2) is 13.4. The van der Waals surface area contributed by atoms with Crippen LogP contribution in [0.1, 0.15) is 96.5 Å². The summed E-state index contributed by atoms with van der Waals surface area (Å²) in [5.74, 6) is 1.89.